The van der Waals surface area contributed by atoms with Crippen molar-refractivity contribution >= 4 is 0 Å². The van der Waals surface area contributed by atoms with Crippen molar-refractivity contribution < 1.29 is 9.26 Å². The van der Waals surface area contributed by atoms with Gasteiger partial charge in [-0.25, -0.2) is 0 Å². The monoisotopic (exact) mass is 247 g/mol. The second-order valence-corrected chi connectivity index (χ2v) is 4.26. The molecule has 96 valence electrons. The van der Waals surface area contributed by atoms with Crippen molar-refractivity contribution in [3.05, 3.63) is 30.2 Å². The Morgan fingerprint density at radius 3 is 2.67 bits per heavy atom. The van der Waals surface area contributed by atoms with E-state index in [2.05, 4.69) is 10.1 Å². The van der Waals surface area contributed by atoms with E-state index in [1.165, 1.54) is 0 Å². The lowest BCUT2D eigenvalue weighted by molar-refractivity contribution is 0.372. The fraction of sp³-hybridized carbons (Fsp3) is 0.385. The summed E-state index contributed by atoms with van der Waals surface area (Å²) in [6.45, 7) is 1.96. The highest BCUT2D eigenvalue weighted by atomic mass is 16.5. The zero-order chi connectivity index (χ0) is 13.0. The molecule has 2 aromatic rings. The summed E-state index contributed by atoms with van der Waals surface area (Å²) in [4.78, 5) is 4.33. The smallest absolute Gasteiger partial charge is 0.227 e. The lowest BCUT2D eigenvalue weighted by atomic mass is 10.2. The summed E-state index contributed by atoms with van der Waals surface area (Å²) >= 11 is 0. The number of nitrogens with zero attached hydrogens (tertiary/aromatic N) is 2. The van der Waals surface area contributed by atoms with Crippen LogP contribution in [0, 0.1) is 0 Å². The number of aromatic nitrogens is 2. The summed E-state index contributed by atoms with van der Waals surface area (Å²) in [6, 6.07) is 7.68. The Morgan fingerprint density at radius 1 is 1.33 bits per heavy atom. The molecule has 18 heavy (non-hydrogen) atoms. The Balaban J connectivity index is 2.08. The quantitative estimate of drug-likeness (QED) is 0.875. The van der Waals surface area contributed by atoms with Crippen molar-refractivity contribution in [1.82, 2.24) is 10.1 Å². The van der Waals surface area contributed by atoms with Crippen LogP contribution in [0.2, 0.25) is 0 Å². The summed E-state index contributed by atoms with van der Waals surface area (Å²) in [7, 11) is 1.63. The van der Waals surface area contributed by atoms with E-state index in [9.17, 15) is 0 Å². The first-order valence-corrected chi connectivity index (χ1v) is 5.91. The van der Waals surface area contributed by atoms with Gasteiger partial charge in [0.05, 0.1) is 7.11 Å². The van der Waals surface area contributed by atoms with Crippen molar-refractivity contribution in [3.8, 4) is 17.1 Å². The van der Waals surface area contributed by atoms with Crippen LogP contribution in [0.25, 0.3) is 11.4 Å². The fourth-order valence-electron chi connectivity index (χ4n) is 1.56. The summed E-state index contributed by atoms with van der Waals surface area (Å²) in [6.07, 6.45) is 1.55. The molecule has 0 aliphatic heterocycles. The van der Waals surface area contributed by atoms with Gasteiger partial charge in [-0.1, -0.05) is 5.16 Å². The molecular formula is C13H17N3O2. The van der Waals surface area contributed by atoms with Crippen LogP contribution in [-0.4, -0.2) is 23.3 Å². The first kappa shape index (κ1) is 12.6. The molecule has 1 heterocycles. The third-order valence-electron chi connectivity index (χ3n) is 2.63. The molecule has 1 aromatic carbocycles. The minimum atomic E-state index is 0.140. The van der Waals surface area contributed by atoms with Crippen LogP contribution in [0.3, 0.4) is 0 Å². The van der Waals surface area contributed by atoms with Gasteiger partial charge >= 0.3 is 0 Å². The third kappa shape index (κ3) is 3.07. The van der Waals surface area contributed by atoms with Crippen molar-refractivity contribution in [1.29, 1.82) is 0 Å². The molecule has 0 saturated carbocycles. The minimum absolute atomic E-state index is 0.140. The molecule has 0 spiro atoms. The maximum Gasteiger partial charge on any atom is 0.227 e. The van der Waals surface area contributed by atoms with Crippen molar-refractivity contribution in [2.24, 2.45) is 5.73 Å². The Bertz CT molecular complexity index is 491. The van der Waals surface area contributed by atoms with Gasteiger partial charge in [-0.05, 0) is 37.6 Å². The third-order valence-corrected chi connectivity index (χ3v) is 2.63. The van der Waals surface area contributed by atoms with E-state index < -0.39 is 0 Å². The van der Waals surface area contributed by atoms with Crippen LogP contribution in [0.15, 0.2) is 28.8 Å². The van der Waals surface area contributed by atoms with Crippen LogP contribution in [0.4, 0.5) is 0 Å². The SMILES string of the molecule is COc1ccc(-c2noc(CCC(C)N)n2)cc1. The molecule has 1 unspecified atom stereocenters. The topological polar surface area (TPSA) is 74.2 Å². The molecule has 0 aliphatic rings. The van der Waals surface area contributed by atoms with Crippen LogP contribution in [0.1, 0.15) is 19.2 Å². The number of rotatable bonds is 5. The van der Waals surface area contributed by atoms with E-state index in [0.29, 0.717) is 18.1 Å². The van der Waals surface area contributed by atoms with E-state index in [4.69, 9.17) is 15.0 Å². The molecule has 0 fully saturated rings. The predicted molar refractivity (Wildman–Crippen MR) is 68.3 cm³/mol. The van der Waals surface area contributed by atoms with Gasteiger partial charge in [-0.2, -0.15) is 4.98 Å². The van der Waals surface area contributed by atoms with Gasteiger partial charge in [0.25, 0.3) is 0 Å². The first-order valence-electron chi connectivity index (χ1n) is 5.91. The normalized spacial score (nSPS) is 12.4. The highest BCUT2D eigenvalue weighted by molar-refractivity contribution is 5.55. The Hall–Kier alpha value is -1.88. The maximum absolute atomic E-state index is 5.69. The van der Waals surface area contributed by atoms with E-state index in [1.54, 1.807) is 7.11 Å². The number of ether oxygens (including phenoxy) is 1. The lowest BCUT2D eigenvalue weighted by Crippen LogP contribution is -2.15. The standard InChI is InChI=1S/C13H17N3O2/c1-9(14)3-8-12-15-13(16-18-12)10-4-6-11(17-2)7-5-10/h4-7,9H,3,8,14H2,1-2H3. The predicted octanol–water partition coefficient (Wildman–Crippen LogP) is 2.03. The zero-order valence-corrected chi connectivity index (χ0v) is 10.6. The number of hydrogen-bond donors (Lipinski definition) is 1. The second kappa shape index (κ2) is 5.64. The summed E-state index contributed by atoms with van der Waals surface area (Å²) in [5, 5.41) is 3.95. The summed E-state index contributed by atoms with van der Waals surface area (Å²) < 4.78 is 10.3. The van der Waals surface area contributed by atoms with Crippen molar-refractivity contribution in [2.75, 3.05) is 7.11 Å². The fourth-order valence-corrected chi connectivity index (χ4v) is 1.56. The minimum Gasteiger partial charge on any atom is -0.497 e. The number of hydrogen-bond acceptors (Lipinski definition) is 5. The molecule has 0 radical (unpaired) electrons. The number of nitrogens with two attached hydrogens (primary N) is 1. The molecule has 0 bridgehead atoms. The van der Waals surface area contributed by atoms with Gasteiger partial charge in [0.2, 0.25) is 11.7 Å². The Labute approximate surface area is 106 Å². The average molecular weight is 247 g/mol. The van der Waals surface area contributed by atoms with Gasteiger partial charge in [0.15, 0.2) is 0 Å². The molecule has 0 aliphatic carbocycles. The Kier molecular flexibility index (Phi) is 3.94. The number of methoxy groups -OCH3 is 1. The highest BCUT2D eigenvalue weighted by Gasteiger charge is 2.09. The second-order valence-electron chi connectivity index (χ2n) is 4.26. The summed E-state index contributed by atoms with van der Waals surface area (Å²) in [5.41, 5.74) is 6.60. The first-order chi connectivity index (χ1) is 8.69. The highest BCUT2D eigenvalue weighted by Crippen LogP contribution is 2.19. The molecule has 5 nitrogen and oxygen atoms in total. The maximum atomic E-state index is 5.69. The van der Waals surface area contributed by atoms with E-state index in [-0.39, 0.29) is 6.04 Å². The van der Waals surface area contributed by atoms with Gasteiger partial charge in [-0.3, -0.25) is 0 Å². The van der Waals surface area contributed by atoms with Crippen LogP contribution < -0.4 is 10.5 Å². The zero-order valence-electron chi connectivity index (χ0n) is 10.6. The molecular weight excluding hydrogens is 230 g/mol. The van der Waals surface area contributed by atoms with Gasteiger partial charge in [0.1, 0.15) is 5.75 Å². The average Bonchev–Trinajstić information content (AvgIpc) is 2.85. The lowest BCUT2D eigenvalue weighted by Gasteiger charge is -1.99. The van der Waals surface area contributed by atoms with Crippen molar-refractivity contribution in [3.63, 3.8) is 0 Å². The van der Waals surface area contributed by atoms with E-state index in [0.717, 1.165) is 17.7 Å². The molecule has 5 heteroatoms. The Morgan fingerprint density at radius 2 is 2.06 bits per heavy atom. The molecule has 2 rings (SSSR count). The van der Waals surface area contributed by atoms with Gasteiger partial charge < -0.3 is 15.0 Å². The number of aryl methyl sites for hydroxylation is 1. The molecule has 2 N–H and O–H groups in total. The summed E-state index contributed by atoms with van der Waals surface area (Å²) in [5.74, 6) is 2.02. The van der Waals surface area contributed by atoms with Crippen LogP contribution >= 0.6 is 0 Å². The number of benzene rings is 1. The van der Waals surface area contributed by atoms with Crippen LogP contribution in [-0.2, 0) is 6.42 Å². The molecule has 1 aromatic heterocycles. The largest absolute Gasteiger partial charge is 0.497 e. The molecule has 0 saturated heterocycles. The van der Waals surface area contributed by atoms with E-state index >= 15 is 0 Å². The van der Waals surface area contributed by atoms with Gasteiger partial charge in [0, 0.05) is 18.0 Å². The van der Waals surface area contributed by atoms with Crippen LogP contribution in [0.5, 0.6) is 5.75 Å². The van der Waals surface area contributed by atoms with E-state index in [1.807, 2.05) is 31.2 Å². The van der Waals surface area contributed by atoms with Gasteiger partial charge in [-0.15, -0.1) is 0 Å². The molecule has 1 atom stereocenters. The van der Waals surface area contributed by atoms with Crippen molar-refractivity contribution in [2.45, 2.75) is 25.8 Å². The molecule has 0 amide bonds.